The van der Waals surface area contributed by atoms with Crippen molar-refractivity contribution < 1.29 is 9.18 Å². The molecule has 25 heavy (non-hydrogen) atoms. The lowest BCUT2D eigenvalue weighted by molar-refractivity contribution is 0.0746. The van der Waals surface area contributed by atoms with Crippen LogP contribution in [0.5, 0.6) is 0 Å². The van der Waals surface area contributed by atoms with Crippen LogP contribution < -0.4 is 4.90 Å². The van der Waals surface area contributed by atoms with Crippen LogP contribution >= 0.6 is 0 Å². The second-order valence-corrected chi connectivity index (χ2v) is 5.99. The van der Waals surface area contributed by atoms with Gasteiger partial charge in [-0.3, -0.25) is 9.48 Å². The predicted octanol–water partition coefficient (Wildman–Crippen LogP) is 1.46. The van der Waals surface area contributed by atoms with E-state index < -0.39 is 0 Å². The van der Waals surface area contributed by atoms with Crippen LogP contribution in [0.25, 0.3) is 11.0 Å². The van der Waals surface area contributed by atoms with Crippen LogP contribution in [0.15, 0.2) is 36.8 Å². The minimum atomic E-state index is -0.342. The molecule has 0 unspecified atom stereocenters. The number of fused-ring (bicyclic) bond motifs is 1. The van der Waals surface area contributed by atoms with E-state index in [1.807, 2.05) is 7.05 Å². The summed E-state index contributed by atoms with van der Waals surface area (Å²) < 4.78 is 14.7. The maximum Gasteiger partial charge on any atom is 0.253 e. The number of halogens is 1. The maximum absolute atomic E-state index is 13.0. The Balaban J connectivity index is 1.49. The Morgan fingerprint density at radius 1 is 1.08 bits per heavy atom. The number of rotatable bonds is 2. The summed E-state index contributed by atoms with van der Waals surface area (Å²) in [5, 5.41) is 5.14. The molecule has 1 aromatic carbocycles. The van der Waals surface area contributed by atoms with Crippen molar-refractivity contribution in [2.45, 2.75) is 0 Å². The number of benzene rings is 1. The van der Waals surface area contributed by atoms with E-state index in [1.54, 1.807) is 15.8 Å². The number of hydrogen-bond donors (Lipinski definition) is 0. The molecule has 1 aliphatic heterocycles. The van der Waals surface area contributed by atoms with E-state index in [1.165, 1.54) is 30.6 Å². The van der Waals surface area contributed by atoms with Gasteiger partial charge in [0.25, 0.3) is 5.91 Å². The molecule has 0 bridgehead atoms. The summed E-state index contributed by atoms with van der Waals surface area (Å²) in [5.74, 6) is 0.423. The van der Waals surface area contributed by atoms with Crippen molar-refractivity contribution in [1.82, 2.24) is 24.6 Å². The first-order chi connectivity index (χ1) is 12.1. The second-order valence-electron chi connectivity index (χ2n) is 5.99. The van der Waals surface area contributed by atoms with Gasteiger partial charge in [0.2, 0.25) is 0 Å². The van der Waals surface area contributed by atoms with E-state index in [9.17, 15) is 9.18 Å². The normalized spacial score (nSPS) is 15.0. The molecule has 8 heteroatoms. The molecule has 2 aromatic heterocycles. The Morgan fingerprint density at radius 3 is 2.52 bits per heavy atom. The van der Waals surface area contributed by atoms with Crippen molar-refractivity contribution in [1.29, 1.82) is 0 Å². The highest BCUT2D eigenvalue weighted by molar-refractivity contribution is 5.94. The van der Waals surface area contributed by atoms with Gasteiger partial charge in [-0.05, 0) is 24.3 Å². The molecule has 3 aromatic rings. The van der Waals surface area contributed by atoms with Crippen molar-refractivity contribution >= 4 is 22.8 Å². The number of anilines is 1. The molecule has 128 valence electrons. The van der Waals surface area contributed by atoms with Gasteiger partial charge in [0, 0.05) is 38.8 Å². The molecular weight excluding hydrogens is 323 g/mol. The number of piperazine rings is 1. The standard InChI is InChI=1S/C17H17FN6O/c1-22-15-14(10-21-22)16(20-11-19-15)23-6-8-24(9-7-23)17(25)12-2-4-13(18)5-3-12/h2-5,10-11H,6-9H2,1H3. The molecular formula is C17H17FN6O. The largest absolute Gasteiger partial charge is 0.352 e. The molecule has 4 rings (SSSR count). The lowest BCUT2D eigenvalue weighted by Crippen LogP contribution is -2.49. The average molecular weight is 340 g/mol. The predicted molar refractivity (Wildman–Crippen MR) is 90.8 cm³/mol. The molecule has 0 N–H and O–H groups in total. The minimum Gasteiger partial charge on any atom is -0.352 e. The maximum atomic E-state index is 13.0. The summed E-state index contributed by atoms with van der Waals surface area (Å²) in [6.07, 6.45) is 3.30. The summed E-state index contributed by atoms with van der Waals surface area (Å²) in [7, 11) is 1.85. The first kappa shape index (κ1) is 15.5. The van der Waals surface area contributed by atoms with Crippen molar-refractivity contribution in [2.24, 2.45) is 7.05 Å². The van der Waals surface area contributed by atoms with Crippen LogP contribution in [0.3, 0.4) is 0 Å². The first-order valence-electron chi connectivity index (χ1n) is 8.06. The Hall–Kier alpha value is -3.03. The lowest BCUT2D eigenvalue weighted by Gasteiger charge is -2.35. The monoisotopic (exact) mass is 340 g/mol. The fourth-order valence-electron chi connectivity index (χ4n) is 3.10. The number of hydrogen-bond acceptors (Lipinski definition) is 5. The molecule has 1 amide bonds. The van der Waals surface area contributed by atoms with Gasteiger partial charge in [0.15, 0.2) is 5.65 Å². The Bertz CT molecular complexity index is 915. The van der Waals surface area contributed by atoms with E-state index >= 15 is 0 Å². The fraction of sp³-hybridized carbons (Fsp3) is 0.294. The number of aryl methyl sites for hydroxylation is 1. The number of aromatic nitrogens is 4. The zero-order valence-electron chi connectivity index (χ0n) is 13.8. The van der Waals surface area contributed by atoms with E-state index in [-0.39, 0.29) is 11.7 Å². The molecule has 1 saturated heterocycles. The lowest BCUT2D eigenvalue weighted by atomic mass is 10.1. The summed E-state index contributed by atoms with van der Waals surface area (Å²) in [5.41, 5.74) is 1.29. The summed E-state index contributed by atoms with van der Waals surface area (Å²) in [6.45, 7) is 2.52. The summed E-state index contributed by atoms with van der Waals surface area (Å²) in [4.78, 5) is 25.1. The van der Waals surface area contributed by atoms with Gasteiger partial charge in [-0.15, -0.1) is 0 Å². The number of carbonyl (C=O) groups excluding carboxylic acids is 1. The highest BCUT2D eigenvalue weighted by Crippen LogP contribution is 2.23. The zero-order valence-corrected chi connectivity index (χ0v) is 13.8. The number of amides is 1. The van der Waals surface area contributed by atoms with Gasteiger partial charge < -0.3 is 9.80 Å². The molecule has 0 spiro atoms. The molecule has 7 nitrogen and oxygen atoms in total. The molecule has 0 saturated carbocycles. The second kappa shape index (κ2) is 6.12. The van der Waals surface area contributed by atoms with E-state index in [0.29, 0.717) is 31.7 Å². The summed E-state index contributed by atoms with van der Waals surface area (Å²) in [6, 6.07) is 5.66. The molecule has 0 atom stereocenters. The van der Waals surface area contributed by atoms with Crippen LogP contribution in [-0.2, 0) is 7.05 Å². The smallest absolute Gasteiger partial charge is 0.253 e. The third-order valence-electron chi connectivity index (χ3n) is 4.47. The van der Waals surface area contributed by atoms with Crippen LogP contribution in [-0.4, -0.2) is 56.7 Å². The third-order valence-corrected chi connectivity index (χ3v) is 4.47. The number of carbonyl (C=O) groups is 1. The van der Waals surface area contributed by atoms with E-state index in [0.717, 1.165) is 16.9 Å². The third kappa shape index (κ3) is 2.79. The van der Waals surface area contributed by atoms with Crippen molar-refractivity contribution in [2.75, 3.05) is 31.1 Å². The van der Waals surface area contributed by atoms with Gasteiger partial charge in [-0.2, -0.15) is 5.10 Å². The van der Waals surface area contributed by atoms with Crippen LogP contribution in [0.2, 0.25) is 0 Å². The molecule has 3 heterocycles. The van der Waals surface area contributed by atoms with E-state index in [2.05, 4.69) is 20.0 Å². The van der Waals surface area contributed by atoms with Crippen molar-refractivity contribution in [3.05, 3.63) is 48.2 Å². The van der Waals surface area contributed by atoms with Gasteiger partial charge in [-0.1, -0.05) is 0 Å². The zero-order chi connectivity index (χ0) is 17.4. The highest BCUT2D eigenvalue weighted by atomic mass is 19.1. The molecule has 1 aliphatic rings. The first-order valence-corrected chi connectivity index (χ1v) is 8.06. The Morgan fingerprint density at radius 2 is 1.80 bits per heavy atom. The molecule has 0 aliphatic carbocycles. The van der Waals surface area contributed by atoms with Crippen LogP contribution in [0.1, 0.15) is 10.4 Å². The topological polar surface area (TPSA) is 67.2 Å². The van der Waals surface area contributed by atoms with Gasteiger partial charge >= 0.3 is 0 Å². The molecule has 1 fully saturated rings. The minimum absolute atomic E-state index is 0.0751. The Labute approximate surface area is 143 Å². The number of nitrogens with zero attached hydrogens (tertiary/aromatic N) is 6. The average Bonchev–Trinajstić information content (AvgIpc) is 3.03. The SMILES string of the molecule is Cn1ncc2c(N3CCN(C(=O)c4ccc(F)cc4)CC3)ncnc21. The molecule has 0 radical (unpaired) electrons. The Kier molecular flexibility index (Phi) is 3.79. The fourth-order valence-corrected chi connectivity index (χ4v) is 3.10. The summed E-state index contributed by atoms with van der Waals surface area (Å²) >= 11 is 0. The van der Waals surface area contributed by atoms with Crippen molar-refractivity contribution in [3.63, 3.8) is 0 Å². The highest BCUT2D eigenvalue weighted by Gasteiger charge is 2.24. The quantitative estimate of drug-likeness (QED) is 0.707. The van der Waals surface area contributed by atoms with Crippen LogP contribution in [0, 0.1) is 5.82 Å². The van der Waals surface area contributed by atoms with Gasteiger partial charge in [0.1, 0.15) is 18.0 Å². The van der Waals surface area contributed by atoms with Crippen LogP contribution in [0.4, 0.5) is 10.2 Å². The van der Waals surface area contributed by atoms with Crippen molar-refractivity contribution in [3.8, 4) is 0 Å². The van der Waals surface area contributed by atoms with Gasteiger partial charge in [0.05, 0.1) is 11.6 Å². The van der Waals surface area contributed by atoms with E-state index in [4.69, 9.17) is 0 Å². The van der Waals surface area contributed by atoms with Gasteiger partial charge in [-0.25, -0.2) is 14.4 Å².